The van der Waals surface area contributed by atoms with E-state index in [1.807, 2.05) is 0 Å². The van der Waals surface area contributed by atoms with Crippen LogP contribution in [0.2, 0.25) is 0 Å². The van der Waals surface area contributed by atoms with Crippen molar-refractivity contribution in [3.05, 3.63) is 34.5 Å². The Morgan fingerprint density at radius 3 is 2.67 bits per heavy atom. The number of aromatic nitrogens is 2. The zero-order chi connectivity index (χ0) is 19.6. The molecule has 3 aromatic rings. The number of methoxy groups -OCH3 is 2. The minimum Gasteiger partial charge on any atom is -0.465 e. The molecule has 0 atom stereocenters. The molecule has 12 heteroatoms. The van der Waals surface area contributed by atoms with Gasteiger partial charge in [-0.2, -0.15) is 8.42 Å². The van der Waals surface area contributed by atoms with Gasteiger partial charge in [0.2, 0.25) is 5.95 Å². The number of rotatable bonds is 5. The number of carbonyl (C=O) groups excluding carboxylic acids is 2. The minimum atomic E-state index is -4.26. The van der Waals surface area contributed by atoms with Crippen LogP contribution in [-0.4, -0.2) is 44.7 Å². The van der Waals surface area contributed by atoms with Crippen LogP contribution in [0.25, 0.3) is 11.0 Å². The van der Waals surface area contributed by atoms with Gasteiger partial charge < -0.3 is 18.6 Å². The summed E-state index contributed by atoms with van der Waals surface area (Å²) >= 11 is 0.931. The number of imidazole rings is 1. The van der Waals surface area contributed by atoms with Crippen LogP contribution in [-0.2, 0) is 19.6 Å². The Bertz CT molecular complexity index is 1120. The average molecular weight is 411 g/mol. The van der Waals surface area contributed by atoms with E-state index in [1.165, 1.54) is 36.8 Å². The molecule has 2 heterocycles. The van der Waals surface area contributed by atoms with Crippen LogP contribution in [0.3, 0.4) is 0 Å². The largest absolute Gasteiger partial charge is 0.465 e. The number of nitrogens with zero attached hydrogens (tertiary/aromatic N) is 1. The van der Waals surface area contributed by atoms with Gasteiger partial charge in [-0.3, -0.25) is 5.32 Å². The first-order valence-corrected chi connectivity index (χ1v) is 9.58. The molecule has 0 saturated carbocycles. The van der Waals surface area contributed by atoms with Crippen LogP contribution in [0.1, 0.15) is 9.67 Å². The molecule has 1 amide bonds. The van der Waals surface area contributed by atoms with Gasteiger partial charge in [-0.25, -0.2) is 14.6 Å². The van der Waals surface area contributed by atoms with Crippen LogP contribution in [0.15, 0.2) is 34.5 Å². The molecule has 0 aliphatic rings. The molecule has 0 bridgehead atoms. The molecular weight excluding hydrogens is 398 g/mol. The number of amides is 1. The lowest BCUT2D eigenvalue weighted by molar-refractivity contribution is 0.0602. The Labute approximate surface area is 157 Å². The van der Waals surface area contributed by atoms with E-state index >= 15 is 0 Å². The van der Waals surface area contributed by atoms with Crippen molar-refractivity contribution in [1.82, 2.24) is 9.97 Å². The normalized spacial score (nSPS) is 11.2. The maximum absolute atomic E-state index is 12.5. The highest BCUT2D eigenvalue weighted by Gasteiger charge is 2.26. The van der Waals surface area contributed by atoms with Crippen molar-refractivity contribution in [1.29, 1.82) is 0 Å². The van der Waals surface area contributed by atoms with Crippen LogP contribution in [0, 0.1) is 0 Å². The molecule has 2 N–H and O–H groups in total. The van der Waals surface area contributed by atoms with Crippen molar-refractivity contribution in [3.8, 4) is 5.75 Å². The van der Waals surface area contributed by atoms with Gasteiger partial charge in [0.25, 0.3) is 0 Å². The molecule has 0 fully saturated rings. The molecule has 0 saturated heterocycles. The second kappa shape index (κ2) is 7.25. The molecule has 10 nitrogen and oxygen atoms in total. The van der Waals surface area contributed by atoms with E-state index < -0.39 is 22.2 Å². The minimum absolute atomic E-state index is 0.00205. The first kappa shape index (κ1) is 18.7. The molecule has 0 radical (unpaired) electrons. The summed E-state index contributed by atoms with van der Waals surface area (Å²) in [7, 11) is -1.89. The predicted octanol–water partition coefficient (Wildman–Crippen LogP) is 2.36. The summed E-state index contributed by atoms with van der Waals surface area (Å²) in [6.07, 6.45) is -0.707. The third-order valence-electron chi connectivity index (χ3n) is 3.33. The number of benzene rings is 1. The quantitative estimate of drug-likeness (QED) is 0.482. The molecule has 1 aromatic carbocycles. The molecular formula is C15H13N3O7S2. The second-order valence-corrected chi connectivity index (χ2v) is 7.45. The third-order valence-corrected chi connectivity index (χ3v) is 5.65. The number of hydrogen-bond acceptors (Lipinski definition) is 9. The van der Waals surface area contributed by atoms with E-state index in [9.17, 15) is 18.0 Å². The van der Waals surface area contributed by atoms with Crippen LogP contribution >= 0.6 is 11.3 Å². The zero-order valence-electron chi connectivity index (χ0n) is 14.0. The summed E-state index contributed by atoms with van der Waals surface area (Å²) in [6, 6.07) is 5.56. The lowest BCUT2D eigenvalue weighted by atomic mass is 10.3. The summed E-state index contributed by atoms with van der Waals surface area (Å²) in [5.41, 5.74) is 0.893. The van der Waals surface area contributed by atoms with E-state index in [0.29, 0.717) is 11.0 Å². The summed E-state index contributed by atoms with van der Waals surface area (Å²) < 4.78 is 39.2. The monoisotopic (exact) mass is 411 g/mol. The molecule has 27 heavy (non-hydrogen) atoms. The van der Waals surface area contributed by atoms with Crippen LogP contribution in [0.4, 0.5) is 10.7 Å². The number of nitrogens with one attached hydrogen (secondary N) is 2. The van der Waals surface area contributed by atoms with Crippen molar-refractivity contribution < 1.29 is 31.7 Å². The molecule has 0 aliphatic heterocycles. The average Bonchev–Trinajstić information content (AvgIpc) is 3.27. The van der Waals surface area contributed by atoms with Gasteiger partial charge in [-0.15, -0.1) is 11.3 Å². The topological polar surface area (TPSA) is 137 Å². The Morgan fingerprint density at radius 2 is 1.96 bits per heavy atom. The maximum Gasteiger partial charge on any atom is 0.413 e. The van der Waals surface area contributed by atoms with Gasteiger partial charge >= 0.3 is 22.2 Å². The van der Waals surface area contributed by atoms with E-state index in [4.69, 9.17) is 4.18 Å². The fourth-order valence-electron chi connectivity index (χ4n) is 2.15. The van der Waals surface area contributed by atoms with Crippen LogP contribution < -0.4 is 9.50 Å². The standard InChI is InChI=1S/C15H13N3O7S2/c1-23-13(19)12-11(5-6-26-12)27(21,22)25-8-3-4-9-10(7-8)17-14(16-9)18-15(20)24-2/h3-7H,1-2H3,(H2,16,17,18,20). The molecule has 0 unspecified atom stereocenters. The Balaban J connectivity index is 1.88. The second-order valence-electron chi connectivity index (χ2n) is 5.02. The van der Waals surface area contributed by atoms with Crippen molar-refractivity contribution in [3.63, 3.8) is 0 Å². The number of H-pyrrole nitrogens is 1. The van der Waals surface area contributed by atoms with E-state index in [2.05, 4.69) is 24.8 Å². The van der Waals surface area contributed by atoms with Gasteiger partial charge in [-0.1, -0.05) is 0 Å². The molecule has 0 aliphatic carbocycles. The van der Waals surface area contributed by atoms with Crippen molar-refractivity contribution in [2.75, 3.05) is 19.5 Å². The highest BCUT2D eigenvalue weighted by molar-refractivity contribution is 7.87. The fourth-order valence-corrected chi connectivity index (χ4v) is 4.39. The molecule has 2 aromatic heterocycles. The number of thiophene rings is 1. The lowest BCUT2D eigenvalue weighted by Crippen LogP contribution is -2.13. The number of esters is 1. The Morgan fingerprint density at radius 1 is 1.19 bits per heavy atom. The van der Waals surface area contributed by atoms with Gasteiger partial charge in [0.15, 0.2) is 0 Å². The van der Waals surface area contributed by atoms with E-state index in [0.717, 1.165) is 18.4 Å². The van der Waals surface area contributed by atoms with Crippen LogP contribution in [0.5, 0.6) is 5.75 Å². The van der Waals surface area contributed by atoms with E-state index in [1.54, 1.807) is 0 Å². The number of aromatic amines is 1. The lowest BCUT2D eigenvalue weighted by Gasteiger charge is -2.07. The van der Waals surface area contributed by atoms with E-state index in [-0.39, 0.29) is 21.5 Å². The van der Waals surface area contributed by atoms with Gasteiger partial charge in [-0.05, 0) is 23.6 Å². The summed E-state index contributed by atoms with van der Waals surface area (Å²) in [4.78, 5) is 29.5. The number of anilines is 1. The fraction of sp³-hybridized carbons (Fsp3) is 0.133. The molecule has 0 spiro atoms. The van der Waals surface area contributed by atoms with Gasteiger partial charge in [0.1, 0.15) is 15.5 Å². The number of fused-ring (bicyclic) bond motifs is 1. The van der Waals surface area contributed by atoms with Crippen molar-refractivity contribution in [2.24, 2.45) is 0 Å². The smallest absolute Gasteiger partial charge is 0.413 e. The predicted molar refractivity (Wildman–Crippen MR) is 95.6 cm³/mol. The highest BCUT2D eigenvalue weighted by Crippen LogP contribution is 2.28. The van der Waals surface area contributed by atoms with Crippen molar-refractivity contribution in [2.45, 2.75) is 4.90 Å². The Kier molecular flexibility index (Phi) is 5.01. The maximum atomic E-state index is 12.5. The number of hydrogen-bond donors (Lipinski definition) is 2. The molecule has 142 valence electrons. The SMILES string of the molecule is COC(=O)Nc1nc2ccc(OS(=O)(=O)c3ccsc3C(=O)OC)cc2[nH]1. The summed E-state index contributed by atoms with van der Waals surface area (Å²) in [5.74, 6) is -0.643. The van der Waals surface area contributed by atoms with Gasteiger partial charge in [0, 0.05) is 6.07 Å². The first-order valence-electron chi connectivity index (χ1n) is 7.29. The summed E-state index contributed by atoms with van der Waals surface area (Å²) in [5, 5.41) is 3.81. The Hall–Kier alpha value is -3.12. The zero-order valence-corrected chi connectivity index (χ0v) is 15.6. The van der Waals surface area contributed by atoms with Crippen molar-refractivity contribution >= 4 is 50.5 Å². The summed E-state index contributed by atoms with van der Waals surface area (Å²) in [6.45, 7) is 0. The first-order chi connectivity index (χ1) is 12.8. The third kappa shape index (κ3) is 3.85. The molecule has 3 rings (SSSR count). The van der Waals surface area contributed by atoms with Gasteiger partial charge in [0.05, 0.1) is 25.3 Å². The highest BCUT2D eigenvalue weighted by atomic mass is 32.2. The number of carbonyl (C=O) groups is 2. The number of ether oxygens (including phenoxy) is 2.